The molecular formula is C18H13N5OS. The molecule has 5 rings (SSSR count). The number of aromatic nitrogens is 3. The molecule has 1 unspecified atom stereocenters. The van der Waals surface area contributed by atoms with E-state index < -0.39 is 0 Å². The molecule has 0 radical (unpaired) electrons. The van der Waals surface area contributed by atoms with Gasteiger partial charge in [-0.05, 0) is 36.8 Å². The van der Waals surface area contributed by atoms with Crippen LogP contribution in [0, 0.1) is 0 Å². The lowest BCUT2D eigenvalue weighted by Crippen LogP contribution is -2.14. The van der Waals surface area contributed by atoms with Crippen molar-refractivity contribution in [2.24, 2.45) is 4.99 Å². The quantitative estimate of drug-likeness (QED) is 0.759. The summed E-state index contributed by atoms with van der Waals surface area (Å²) in [5.41, 5.74) is 3.06. The fourth-order valence-electron chi connectivity index (χ4n) is 2.77. The van der Waals surface area contributed by atoms with E-state index in [1.54, 1.807) is 18.0 Å². The molecule has 3 aromatic heterocycles. The number of fused-ring (bicyclic) bond motifs is 2. The van der Waals surface area contributed by atoms with E-state index in [0.29, 0.717) is 33.9 Å². The molecule has 0 spiro atoms. The van der Waals surface area contributed by atoms with Crippen LogP contribution < -0.4 is 5.32 Å². The molecule has 3 aromatic rings. The first-order valence-corrected chi connectivity index (χ1v) is 8.81. The number of thioether (sulfide) groups is 1. The summed E-state index contributed by atoms with van der Waals surface area (Å²) < 4.78 is 5.73. The van der Waals surface area contributed by atoms with Gasteiger partial charge in [0.1, 0.15) is 5.69 Å². The topological polar surface area (TPSA) is 76.2 Å². The summed E-state index contributed by atoms with van der Waals surface area (Å²) in [4.78, 5) is 17.8. The predicted molar refractivity (Wildman–Crippen MR) is 98.5 cm³/mol. The Morgan fingerprint density at radius 1 is 1.20 bits per heavy atom. The molecule has 0 saturated carbocycles. The maximum atomic E-state index is 5.73. The molecule has 1 aliphatic heterocycles. The number of nitrogens with one attached hydrogen (secondary N) is 1. The zero-order valence-electron chi connectivity index (χ0n) is 13.1. The van der Waals surface area contributed by atoms with E-state index in [2.05, 4.69) is 43.5 Å². The number of hydrogen-bond donors (Lipinski definition) is 1. The molecule has 1 N–H and O–H groups in total. The van der Waals surface area contributed by atoms with Gasteiger partial charge in [0, 0.05) is 11.9 Å². The van der Waals surface area contributed by atoms with E-state index in [-0.39, 0.29) is 0 Å². The summed E-state index contributed by atoms with van der Waals surface area (Å²) in [6.07, 6.45) is 9.05. The Kier molecular flexibility index (Phi) is 3.38. The van der Waals surface area contributed by atoms with Crippen LogP contribution >= 0.6 is 11.8 Å². The third-order valence-corrected chi connectivity index (χ3v) is 5.10. The molecule has 6 nitrogen and oxygen atoms in total. The van der Waals surface area contributed by atoms with Crippen LogP contribution in [0.2, 0.25) is 0 Å². The van der Waals surface area contributed by atoms with E-state index in [1.807, 2.05) is 30.3 Å². The third-order valence-electron chi connectivity index (χ3n) is 3.95. The zero-order chi connectivity index (χ0) is 16.6. The van der Waals surface area contributed by atoms with Crippen molar-refractivity contribution < 1.29 is 4.42 Å². The van der Waals surface area contributed by atoms with Crippen LogP contribution in [0.4, 0.5) is 5.82 Å². The van der Waals surface area contributed by atoms with E-state index in [9.17, 15) is 0 Å². The molecule has 0 bridgehead atoms. The van der Waals surface area contributed by atoms with Crippen molar-refractivity contribution in [1.82, 2.24) is 20.3 Å². The number of nitrogens with zero attached hydrogens (tertiary/aromatic N) is 4. The van der Waals surface area contributed by atoms with Gasteiger partial charge in [0.05, 0.1) is 5.25 Å². The molecule has 25 heavy (non-hydrogen) atoms. The number of pyridine rings is 2. The minimum atomic E-state index is 0.426. The second-order valence-corrected chi connectivity index (χ2v) is 6.85. The van der Waals surface area contributed by atoms with E-state index in [1.165, 1.54) is 5.70 Å². The van der Waals surface area contributed by atoms with Crippen LogP contribution in [0.5, 0.6) is 0 Å². The molecule has 1 atom stereocenters. The van der Waals surface area contributed by atoms with Crippen molar-refractivity contribution in [2.45, 2.75) is 11.7 Å². The average molecular weight is 347 g/mol. The number of allylic oxidation sites excluding steroid dienone is 3. The molecule has 1 aliphatic carbocycles. The highest BCUT2D eigenvalue weighted by atomic mass is 32.2. The highest BCUT2D eigenvalue weighted by Gasteiger charge is 2.26. The van der Waals surface area contributed by atoms with Gasteiger partial charge in [-0.2, -0.15) is 4.98 Å². The van der Waals surface area contributed by atoms with E-state index in [4.69, 9.17) is 4.42 Å². The maximum absolute atomic E-state index is 5.73. The number of amidine groups is 1. The SMILES string of the molecule is C1=CCC2SC(=Nc3cccc(-c4nc5ncccc5o4)n3)NC2=C1. The standard InChI is InChI=1S/C18H13N5OS/c1-2-8-14-11(5-1)21-18(25-14)22-15-9-3-6-12(20-15)17-23-16-13(24-17)7-4-10-19-16/h1-7,9-10,14H,8H2,(H,20,21,22). The summed E-state index contributed by atoms with van der Waals surface area (Å²) >= 11 is 1.73. The van der Waals surface area contributed by atoms with Crippen molar-refractivity contribution in [3.8, 4) is 11.6 Å². The fourth-order valence-corrected chi connectivity index (χ4v) is 3.84. The molecule has 0 amide bonds. The first-order valence-electron chi connectivity index (χ1n) is 7.93. The van der Waals surface area contributed by atoms with Crippen molar-refractivity contribution in [1.29, 1.82) is 0 Å². The molecule has 7 heteroatoms. The van der Waals surface area contributed by atoms with Crippen LogP contribution in [0.3, 0.4) is 0 Å². The Hall–Kier alpha value is -2.93. The molecule has 0 aromatic carbocycles. The second kappa shape index (κ2) is 5.86. The van der Waals surface area contributed by atoms with Gasteiger partial charge in [0.25, 0.3) is 0 Å². The normalized spacial score (nSPS) is 20.6. The first kappa shape index (κ1) is 14.4. The van der Waals surface area contributed by atoms with Crippen molar-refractivity contribution >= 4 is 34.0 Å². The smallest absolute Gasteiger partial charge is 0.247 e. The monoisotopic (exact) mass is 347 g/mol. The van der Waals surface area contributed by atoms with Gasteiger partial charge in [0.15, 0.2) is 22.2 Å². The summed E-state index contributed by atoms with van der Waals surface area (Å²) in [6, 6.07) is 9.28. The number of aliphatic imine (C=N–C) groups is 1. The van der Waals surface area contributed by atoms with Gasteiger partial charge in [0.2, 0.25) is 5.89 Å². The minimum absolute atomic E-state index is 0.426. The summed E-state index contributed by atoms with van der Waals surface area (Å²) in [5, 5.41) is 4.65. The Balaban J connectivity index is 1.46. The lowest BCUT2D eigenvalue weighted by molar-refractivity contribution is 0.616. The second-order valence-electron chi connectivity index (χ2n) is 5.66. The lowest BCUT2D eigenvalue weighted by Gasteiger charge is -2.08. The maximum Gasteiger partial charge on any atom is 0.247 e. The Bertz CT molecular complexity index is 1020. The van der Waals surface area contributed by atoms with E-state index in [0.717, 1.165) is 11.6 Å². The van der Waals surface area contributed by atoms with Crippen LogP contribution in [0.15, 0.2) is 69.9 Å². The van der Waals surface area contributed by atoms with E-state index >= 15 is 0 Å². The number of hydrogen-bond acceptors (Lipinski definition) is 6. The van der Waals surface area contributed by atoms with Crippen LogP contribution in [-0.2, 0) is 0 Å². The summed E-state index contributed by atoms with van der Waals surface area (Å²) in [5.74, 6) is 1.07. The van der Waals surface area contributed by atoms with Crippen molar-refractivity contribution in [2.75, 3.05) is 0 Å². The molecule has 1 fully saturated rings. The fraction of sp³-hybridized carbons (Fsp3) is 0.111. The zero-order valence-corrected chi connectivity index (χ0v) is 13.9. The van der Waals surface area contributed by atoms with Gasteiger partial charge < -0.3 is 9.73 Å². The third kappa shape index (κ3) is 2.72. The average Bonchev–Trinajstić information content (AvgIpc) is 3.25. The Morgan fingerprint density at radius 2 is 2.20 bits per heavy atom. The predicted octanol–water partition coefficient (Wildman–Crippen LogP) is 3.82. The van der Waals surface area contributed by atoms with Gasteiger partial charge in [-0.3, -0.25) is 0 Å². The first-order chi connectivity index (χ1) is 12.3. The Morgan fingerprint density at radius 3 is 3.12 bits per heavy atom. The van der Waals surface area contributed by atoms with Gasteiger partial charge in [-0.1, -0.05) is 30.0 Å². The summed E-state index contributed by atoms with van der Waals surface area (Å²) in [6.45, 7) is 0. The highest BCUT2D eigenvalue weighted by molar-refractivity contribution is 8.15. The summed E-state index contributed by atoms with van der Waals surface area (Å²) in [7, 11) is 0. The molecule has 2 aliphatic rings. The highest BCUT2D eigenvalue weighted by Crippen LogP contribution is 2.33. The molecule has 1 saturated heterocycles. The van der Waals surface area contributed by atoms with Crippen molar-refractivity contribution in [3.63, 3.8) is 0 Å². The van der Waals surface area contributed by atoms with Gasteiger partial charge in [-0.25, -0.2) is 15.0 Å². The number of rotatable bonds is 2. The molecular weight excluding hydrogens is 334 g/mol. The minimum Gasteiger partial charge on any atom is -0.433 e. The van der Waals surface area contributed by atoms with Crippen LogP contribution in [0.25, 0.3) is 22.8 Å². The van der Waals surface area contributed by atoms with Crippen molar-refractivity contribution in [3.05, 3.63) is 60.5 Å². The molecule has 4 heterocycles. The van der Waals surface area contributed by atoms with Gasteiger partial charge in [-0.15, -0.1) is 0 Å². The van der Waals surface area contributed by atoms with Crippen LogP contribution in [0.1, 0.15) is 6.42 Å². The Labute approximate surface area is 147 Å². The van der Waals surface area contributed by atoms with Crippen LogP contribution in [-0.4, -0.2) is 25.4 Å². The van der Waals surface area contributed by atoms with Gasteiger partial charge >= 0.3 is 0 Å². The number of oxazole rings is 1. The molecule has 122 valence electrons. The largest absolute Gasteiger partial charge is 0.433 e. The lowest BCUT2D eigenvalue weighted by atomic mass is 10.1.